The molecule has 0 radical (unpaired) electrons. The number of benzene rings is 1. The van der Waals surface area contributed by atoms with E-state index in [1.165, 1.54) is 23.8 Å². The fourth-order valence-corrected chi connectivity index (χ4v) is 2.72. The molecule has 3 aromatic rings. The zero-order chi connectivity index (χ0) is 14.2. The van der Waals surface area contributed by atoms with Gasteiger partial charge in [-0.2, -0.15) is 5.10 Å². The van der Waals surface area contributed by atoms with Gasteiger partial charge in [0, 0.05) is 29.7 Å². The molecule has 1 N–H and O–H groups in total. The van der Waals surface area contributed by atoms with E-state index in [0.29, 0.717) is 6.04 Å². The van der Waals surface area contributed by atoms with Crippen molar-refractivity contribution >= 4 is 26.8 Å². The van der Waals surface area contributed by atoms with Gasteiger partial charge in [0.1, 0.15) is 0 Å². The molecule has 0 spiro atoms. The second-order valence-electron chi connectivity index (χ2n) is 5.42. The average Bonchev–Trinajstić information content (AvgIpc) is 3.24. The Morgan fingerprint density at radius 2 is 2.14 bits per heavy atom. The van der Waals surface area contributed by atoms with Crippen LogP contribution in [0.1, 0.15) is 18.4 Å². The highest BCUT2D eigenvalue weighted by Crippen LogP contribution is 2.23. The third-order valence-electron chi connectivity index (χ3n) is 3.71. The van der Waals surface area contributed by atoms with Gasteiger partial charge in [0.2, 0.25) is 0 Å². The number of pyridine rings is 1. The minimum absolute atomic E-state index is 0.675. The summed E-state index contributed by atoms with van der Waals surface area (Å²) in [5.74, 6) is 0.896. The van der Waals surface area contributed by atoms with E-state index in [2.05, 4.69) is 38.5 Å². The van der Waals surface area contributed by atoms with E-state index in [4.69, 9.17) is 4.98 Å². The molecule has 0 aliphatic heterocycles. The maximum atomic E-state index is 4.80. The Morgan fingerprint density at radius 1 is 1.29 bits per heavy atom. The summed E-state index contributed by atoms with van der Waals surface area (Å²) < 4.78 is 2.79. The summed E-state index contributed by atoms with van der Waals surface area (Å²) in [7, 11) is 0. The molecular formula is C16H15BrN4. The lowest BCUT2D eigenvalue weighted by Crippen LogP contribution is -2.17. The molecule has 5 heteroatoms. The first-order valence-corrected chi connectivity index (χ1v) is 7.91. The summed E-state index contributed by atoms with van der Waals surface area (Å²) >= 11 is 3.45. The van der Waals surface area contributed by atoms with Gasteiger partial charge >= 0.3 is 0 Å². The first-order valence-electron chi connectivity index (χ1n) is 7.12. The highest BCUT2D eigenvalue weighted by Gasteiger charge is 2.21. The normalized spacial score (nSPS) is 14.7. The Morgan fingerprint density at radius 3 is 2.90 bits per heavy atom. The van der Waals surface area contributed by atoms with Crippen molar-refractivity contribution in [1.82, 2.24) is 20.1 Å². The Hall–Kier alpha value is -1.72. The summed E-state index contributed by atoms with van der Waals surface area (Å²) in [5.41, 5.74) is 2.17. The van der Waals surface area contributed by atoms with E-state index in [9.17, 15) is 0 Å². The maximum Gasteiger partial charge on any atom is 0.158 e. The number of hydrogen-bond acceptors (Lipinski definition) is 3. The summed E-state index contributed by atoms with van der Waals surface area (Å²) in [4.78, 5) is 4.80. The zero-order valence-electron chi connectivity index (χ0n) is 11.5. The van der Waals surface area contributed by atoms with E-state index < -0.39 is 0 Å². The largest absolute Gasteiger partial charge is 0.310 e. The second kappa shape index (κ2) is 5.24. The molecule has 0 saturated heterocycles. The fourth-order valence-electron chi connectivity index (χ4n) is 2.44. The molecular weight excluding hydrogens is 328 g/mol. The number of nitrogens with one attached hydrogen (secondary N) is 1. The molecule has 21 heavy (non-hydrogen) atoms. The van der Waals surface area contributed by atoms with Crippen molar-refractivity contribution < 1.29 is 0 Å². The van der Waals surface area contributed by atoms with Crippen molar-refractivity contribution in [3.05, 3.63) is 52.8 Å². The van der Waals surface area contributed by atoms with Gasteiger partial charge in [0.05, 0.1) is 16.2 Å². The van der Waals surface area contributed by atoms with Crippen molar-refractivity contribution in [1.29, 1.82) is 0 Å². The summed E-state index contributed by atoms with van der Waals surface area (Å²) in [6, 6.07) is 11.1. The van der Waals surface area contributed by atoms with E-state index >= 15 is 0 Å². The number of nitrogens with zero attached hydrogens (tertiary/aromatic N) is 3. The van der Waals surface area contributed by atoms with Gasteiger partial charge in [-0.05, 0) is 40.9 Å². The van der Waals surface area contributed by atoms with Crippen molar-refractivity contribution in [3.63, 3.8) is 0 Å². The molecule has 1 aliphatic rings. The predicted octanol–water partition coefficient (Wildman–Crippen LogP) is 3.44. The van der Waals surface area contributed by atoms with Gasteiger partial charge in [-0.15, -0.1) is 0 Å². The van der Waals surface area contributed by atoms with Gasteiger partial charge < -0.3 is 5.32 Å². The molecule has 2 aromatic heterocycles. The van der Waals surface area contributed by atoms with Crippen LogP contribution in [0, 0.1) is 0 Å². The fraction of sp³-hybridized carbons (Fsp3) is 0.250. The third-order valence-corrected chi connectivity index (χ3v) is 4.12. The van der Waals surface area contributed by atoms with Crippen LogP contribution in [0.4, 0.5) is 0 Å². The van der Waals surface area contributed by atoms with Crippen molar-refractivity contribution in [2.24, 2.45) is 0 Å². The SMILES string of the molecule is Brc1cnn(-c2nc3ccccc3cc2CNC2CC2)c1. The first kappa shape index (κ1) is 13.0. The standard InChI is InChI=1S/C16H15BrN4/c17-13-9-19-21(10-13)16-12(8-18-14-5-6-14)7-11-3-1-2-4-15(11)20-16/h1-4,7,9-10,14,18H,5-6,8H2. The molecule has 1 fully saturated rings. The van der Waals surface area contributed by atoms with Crippen LogP contribution < -0.4 is 5.32 Å². The van der Waals surface area contributed by atoms with Crippen molar-refractivity contribution in [3.8, 4) is 5.82 Å². The van der Waals surface area contributed by atoms with Gasteiger partial charge in [-0.3, -0.25) is 0 Å². The molecule has 1 aliphatic carbocycles. The minimum atomic E-state index is 0.675. The van der Waals surface area contributed by atoms with Crippen LogP contribution in [0.3, 0.4) is 0 Å². The Bertz CT molecular complexity index is 792. The molecule has 0 bridgehead atoms. The summed E-state index contributed by atoms with van der Waals surface area (Å²) in [6.45, 7) is 0.829. The Labute approximate surface area is 131 Å². The smallest absolute Gasteiger partial charge is 0.158 e. The molecule has 4 rings (SSSR count). The first-order chi connectivity index (χ1) is 10.3. The predicted molar refractivity (Wildman–Crippen MR) is 86.4 cm³/mol. The second-order valence-corrected chi connectivity index (χ2v) is 6.34. The topological polar surface area (TPSA) is 42.7 Å². The third kappa shape index (κ3) is 2.71. The molecule has 1 saturated carbocycles. The van der Waals surface area contributed by atoms with E-state index in [-0.39, 0.29) is 0 Å². The van der Waals surface area contributed by atoms with Crippen molar-refractivity contribution in [2.75, 3.05) is 0 Å². The maximum absolute atomic E-state index is 4.80. The van der Waals surface area contributed by atoms with Gasteiger partial charge in [0.15, 0.2) is 5.82 Å². The molecule has 2 heterocycles. The van der Waals surface area contributed by atoms with E-state index in [1.54, 1.807) is 6.20 Å². The highest BCUT2D eigenvalue weighted by atomic mass is 79.9. The summed E-state index contributed by atoms with van der Waals surface area (Å²) in [6.07, 6.45) is 6.29. The number of fused-ring (bicyclic) bond motifs is 1. The molecule has 106 valence electrons. The lowest BCUT2D eigenvalue weighted by molar-refractivity contribution is 0.678. The highest BCUT2D eigenvalue weighted by molar-refractivity contribution is 9.10. The zero-order valence-corrected chi connectivity index (χ0v) is 13.0. The molecule has 0 atom stereocenters. The molecule has 0 unspecified atom stereocenters. The number of rotatable bonds is 4. The van der Waals surface area contributed by atoms with Crippen LogP contribution in [0.25, 0.3) is 16.7 Å². The molecule has 4 nitrogen and oxygen atoms in total. The van der Waals surface area contributed by atoms with Crippen LogP contribution in [0.15, 0.2) is 47.2 Å². The van der Waals surface area contributed by atoms with Gasteiger partial charge in [-0.25, -0.2) is 9.67 Å². The Kier molecular flexibility index (Phi) is 3.24. The minimum Gasteiger partial charge on any atom is -0.310 e. The number of aromatic nitrogens is 3. The monoisotopic (exact) mass is 342 g/mol. The Balaban J connectivity index is 1.81. The van der Waals surface area contributed by atoms with Crippen LogP contribution in [-0.4, -0.2) is 20.8 Å². The quantitative estimate of drug-likeness (QED) is 0.789. The lowest BCUT2D eigenvalue weighted by Gasteiger charge is -2.11. The molecule has 0 amide bonds. The number of para-hydroxylation sites is 1. The molecule has 1 aromatic carbocycles. The lowest BCUT2D eigenvalue weighted by atomic mass is 10.1. The van der Waals surface area contributed by atoms with Crippen LogP contribution in [0.5, 0.6) is 0 Å². The van der Waals surface area contributed by atoms with Crippen LogP contribution in [0.2, 0.25) is 0 Å². The average molecular weight is 343 g/mol. The van der Waals surface area contributed by atoms with Crippen LogP contribution in [-0.2, 0) is 6.54 Å². The number of hydrogen-bond donors (Lipinski definition) is 1. The van der Waals surface area contributed by atoms with Crippen molar-refractivity contribution in [2.45, 2.75) is 25.4 Å². The van der Waals surface area contributed by atoms with Gasteiger partial charge in [0.25, 0.3) is 0 Å². The number of halogens is 1. The van der Waals surface area contributed by atoms with E-state index in [1.807, 2.05) is 29.1 Å². The van der Waals surface area contributed by atoms with Gasteiger partial charge in [-0.1, -0.05) is 18.2 Å². The van der Waals surface area contributed by atoms with E-state index in [0.717, 1.165) is 22.4 Å². The van der Waals surface area contributed by atoms with Crippen LogP contribution >= 0.6 is 15.9 Å². The summed E-state index contributed by atoms with van der Waals surface area (Å²) in [5, 5.41) is 9.10.